The molecule has 0 aliphatic rings. The van der Waals surface area contributed by atoms with Crippen LogP contribution in [0, 0.1) is 0 Å². The zero-order valence-corrected chi connectivity index (χ0v) is 14.4. The van der Waals surface area contributed by atoms with Crippen LogP contribution in [0.1, 0.15) is 12.5 Å². The van der Waals surface area contributed by atoms with Crippen LogP contribution >= 0.6 is 11.8 Å². The van der Waals surface area contributed by atoms with Gasteiger partial charge >= 0.3 is 11.9 Å². The van der Waals surface area contributed by atoms with E-state index in [1.165, 1.54) is 0 Å². The molecule has 23 heavy (non-hydrogen) atoms. The van der Waals surface area contributed by atoms with Crippen molar-refractivity contribution in [1.82, 2.24) is 0 Å². The number of carboxylic acid groups (broad SMARTS) is 2. The van der Waals surface area contributed by atoms with Crippen LogP contribution in [0.5, 0.6) is 0 Å². The zero-order valence-electron chi connectivity index (χ0n) is 12.8. The number of hydrogen-bond acceptors (Lipinski definition) is 6. The van der Waals surface area contributed by atoms with Crippen LogP contribution < -0.4 is 11.5 Å². The minimum Gasteiger partial charge on any atom is -0.480 e. The van der Waals surface area contributed by atoms with Gasteiger partial charge < -0.3 is 21.7 Å². The average molecular weight is 362 g/mol. The van der Waals surface area contributed by atoms with E-state index < -0.39 is 33.4 Å². The number of benzene rings is 1. The van der Waals surface area contributed by atoms with E-state index in [0.29, 0.717) is 0 Å². The van der Waals surface area contributed by atoms with Crippen LogP contribution in [0.3, 0.4) is 0 Å². The molecule has 0 amide bonds. The van der Waals surface area contributed by atoms with Gasteiger partial charge in [-0.05, 0) is 12.1 Å². The molecule has 0 aromatic heterocycles. The Morgan fingerprint density at radius 2 is 1.74 bits per heavy atom. The highest BCUT2D eigenvalue weighted by Crippen LogP contribution is 2.19. The van der Waals surface area contributed by atoms with E-state index in [0.717, 1.165) is 23.9 Å². The molecule has 3 atom stereocenters. The first-order valence-corrected chi connectivity index (χ1v) is 9.20. The summed E-state index contributed by atoms with van der Waals surface area (Å²) in [6, 6.07) is 7.69. The van der Waals surface area contributed by atoms with Gasteiger partial charge in [-0.15, -0.1) is 11.8 Å². The Bertz CT molecular complexity index is 513. The number of carbonyl (C=O) groups is 2. The number of thioether (sulfide) groups is 1. The van der Waals surface area contributed by atoms with Crippen molar-refractivity contribution >= 4 is 34.5 Å². The maximum atomic E-state index is 12.1. The molecule has 0 radical (unpaired) electrons. The third kappa shape index (κ3) is 9.34. The number of nitrogens with two attached hydrogens (primary N) is 2. The van der Waals surface area contributed by atoms with Crippen LogP contribution in [0.25, 0.3) is 0 Å². The number of rotatable bonds is 8. The normalized spacial score (nSPS) is 14.0. The van der Waals surface area contributed by atoms with E-state index in [9.17, 15) is 13.8 Å². The standard InChI is InChI=1S/C12H15NO5S2.C2H7N/c13-9(10(14)15)6-19-12(11(16)17)20(18)7-8-4-2-1-3-5-8;1-2-3/h1-5,9,12H,6-7,13H2,(H,14,15)(H,16,17);2-3H2,1H3. The lowest BCUT2D eigenvalue weighted by Gasteiger charge is -2.13. The highest BCUT2D eigenvalue weighted by Gasteiger charge is 2.27. The topological polar surface area (TPSA) is 144 Å². The van der Waals surface area contributed by atoms with Crippen molar-refractivity contribution in [1.29, 1.82) is 0 Å². The molecule has 6 N–H and O–H groups in total. The van der Waals surface area contributed by atoms with Crippen molar-refractivity contribution in [3.63, 3.8) is 0 Å². The molecular formula is C14H22N2O5S2. The SMILES string of the molecule is CCN.NC(CSC(C(=O)O)S(=O)Cc1ccccc1)C(=O)O. The van der Waals surface area contributed by atoms with Gasteiger partial charge in [0.1, 0.15) is 6.04 Å². The molecule has 7 nitrogen and oxygen atoms in total. The zero-order chi connectivity index (χ0) is 17.8. The maximum Gasteiger partial charge on any atom is 0.329 e. The number of carboxylic acids is 2. The van der Waals surface area contributed by atoms with Gasteiger partial charge in [-0.3, -0.25) is 13.8 Å². The first-order valence-electron chi connectivity index (χ1n) is 6.77. The van der Waals surface area contributed by atoms with Gasteiger partial charge in [0.25, 0.3) is 0 Å². The van der Waals surface area contributed by atoms with Crippen LogP contribution in [0.15, 0.2) is 30.3 Å². The summed E-state index contributed by atoms with van der Waals surface area (Å²) in [4.78, 5) is 21.7. The molecule has 9 heteroatoms. The largest absolute Gasteiger partial charge is 0.480 e. The lowest BCUT2D eigenvalue weighted by atomic mass is 10.2. The molecule has 0 aliphatic carbocycles. The molecule has 0 heterocycles. The third-order valence-electron chi connectivity index (χ3n) is 2.34. The summed E-state index contributed by atoms with van der Waals surface area (Å²) in [5, 5.41) is 17.7. The van der Waals surface area contributed by atoms with Crippen molar-refractivity contribution in [3.05, 3.63) is 35.9 Å². The van der Waals surface area contributed by atoms with Crippen molar-refractivity contribution in [2.24, 2.45) is 11.5 Å². The predicted octanol–water partition coefficient (Wildman–Crippen LogP) is 0.456. The molecule has 0 saturated carbocycles. The molecule has 1 rings (SSSR count). The van der Waals surface area contributed by atoms with Gasteiger partial charge in [-0.2, -0.15) is 0 Å². The Kier molecular flexibility index (Phi) is 11.3. The van der Waals surface area contributed by atoms with Crippen LogP contribution in [0.4, 0.5) is 0 Å². The predicted molar refractivity (Wildman–Crippen MR) is 92.5 cm³/mol. The first kappa shape index (κ1) is 21.6. The molecule has 0 saturated heterocycles. The van der Waals surface area contributed by atoms with Gasteiger partial charge in [-0.1, -0.05) is 37.3 Å². The summed E-state index contributed by atoms with van der Waals surface area (Å²) in [7, 11) is -1.65. The molecule has 1 aromatic rings. The fourth-order valence-electron chi connectivity index (χ4n) is 1.34. The van der Waals surface area contributed by atoms with E-state index in [4.69, 9.17) is 21.7 Å². The second-order valence-electron chi connectivity index (χ2n) is 4.37. The molecule has 1 aromatic carbocycles. The van der Waals surface area contributed by atoms with Crippen molar-refractivity contribution < 1.29 is 24.0 Å². The Hall–Kier alpha value is -1.42. The minimum atomic E-state index is -1.65. The fourth-order valence-corrected chi connectivity index (χ4v) is 3.95. The average Bonchev–Trinajstić information content (AvgIpc) is 2.48. The fraction of sp³-hybridized carbons (Fsp3) is 0.429. The molecule has 0 bridgehead atoms. The molecular weight excluding hydrogens is 340 g/mol. The molecule has 0 aliphatic heterocycles. The lowest BCUT2D eigenvalue weighted by molar-refractivity contribution is -0.138. The van der Waals surface area contributed by atoms with E-state index >= 15 is 0 Å². The van der Waals surface area contributed by atoms with Crippen LogP contribution in [-0.2, 0) is 26.1 Å². The van der Waals surface area contributed by atoms with E-state index in [1.54, 1.807) is 24.3 Å². The smallest absolute Gasteiger partial charge is 0.329 e. The van der Waals surface area contributed by atoms with Crippen molar-refractivity contribution in [2.45, 2.75) is 23.3 Å². The van der Waals surface area contributed by atoms with Gasteiger partial charge in [0.15, 0.2) is 4.58 Å². The van der Waals surface area contributed by atoms with Crippen LogP contribution in [-0.4, -0.2) is 49.3 Å². The summed E-state index contributed by atoms with van der Waals surface area (Å²) in [6.07, 6.45) is 0. The lowest BCUT2D eigenvalue weighted by Crippen LogP contribution is -2.35. The summed E-state index contributed by atoms with van der Waals surface area (Å²) in [5.41, 5.74) is 10.9. The molecule has 0 spiro atoms. The Morgan fingerprint density at radius 1 is 1.22 bits per heavy atom. The summed E-state index contributed by atoms with van der Waals surface area (Å²) >= 11 is 0.788. The monoisotopic (exact) mass is 362 g/mol. The van der Waals surface area contributed by atoms with Crippen molar-refractivity contribution in [2.75, 3.05) is 12.3 Å². The summed E-state index contributed by atoms with van der Waals surface area (Å²) < 4.78 is 10.9. The summed E-state index contributed by atoms with van der Waals surface area (Å²) in [5.74, 6) is -2.45. The Balaban J connectivity index is 0.00000149. The van der Waals surface area contributed by atoms with Gasteiger partial charge in [-0.25, -0.2) is 0 Å². The van der Waals surface area contributed by atoms with E-state index in [-0.39, 0.29) is 11.5 Å². The van der Waals surface area contributed by atoms with E-state index in [1.807, 2.05) is 13.0 Å². The van der Waals surface area contributed by atoms with Gasteiger partial charge in [0.2, 0.25) is 0 Å². The quantitative estimate of drug-likeness (QED) is 0.522. The first-order chi connectivity index (χ1) is 10.8. The molecule has 130 valence electrons. The van der Waals surface area contributed by atoms with Crippen molar-refractivity contribution in [3.8, 4) is 0 Å². The highest BCUT2D eigenvalue weighted by molar-refractivity contribution is 8.12. The number of aliphatic carboxylic acids is 2. The third-order valence-corrected chi connectivity index (χ3v) is 5.74. The Labute approximate surface area is 141 Å². The Morgan fingerprint density at radius 3 is 2.17 bits per heavy atom. The summed E-state index contributed by atoms with van der Waals surface area (Å²) in [6.45, 7) is 2.65. The van der Waals surface area contributed by atoms with Gasteiger partial charge in [0, 0.05) is 5.75 Å². The minimum absolute atomic E-state index is 0.104. The molecule has 0 fully saturated rings. The maximum absolute atomic E-state index is 12.1. The van der Waals surface area contributed by atoms with Gasteiger partial charge in [0.05, 0.1) is 16.6 Å². The highest BCUT2D eigenvalue weighted by atomic mass is 32.2. The van der Waals surface area contributed by atoms with Crippen LogP contribution in [0.2, 0.25) is 0 Å². The second kappa shape index (κ2) is 12.1. The van der Waals surface area contributed by atoms with E-state index in [2.05, 4.69) is 0 Å². The number of hydrogen-bond donors (Lipinski definition) is 4. The molecule has 3 unspecified atom stereocenters. The second-order valence-corrected chi connectivity index (χ2v) is 7.33.